The normalized spacial score (nSPS) is 10.7. The monoisotopic (exact) mass is 283 g/mol. The van der Waals surface area contributed by atoms with E-state index < -0.39 is 5.97 Å². The van der Waals surface area contributed by atoms with Gasteiger partial charge < -0.3 is 9.84 Å². The fourth-order valence-corrected chi connectivity index (χ4v) is 2.30. The Labute approximate surface area is 120 Å². The lowest BCUT2D eigenvalue weighted by Gasteiger charge is -2.07. The van der Waals surface area contributed by atoms with Gasteiger partial charge in [-0.3, -0.25) is 4.68 Å². The molecule has 0 amide bonds. The summed E-state index contributed by atoms with van der Waals surface area (Å²) in [6, 6.07) is 10.9. The second-order valence-corrected chi connectivity index (χ2v) is 4.50. The van der Waals surface area contributed by atoms with E-state index in [0.29, 0.717) is 17.8 Å². The quantitative estimate of drug-likeness (QED) is 0.794. The molecular formula is C15H13N3O3. The molecule has 2 heterocycles. The van der Waals surface area contributed by atoms with Gasteiger partial charge in [-0.1, -0.05) is 24.3 Å². The number of carboxylic acids is 1. The predicted molar refractivity (Wildman–Crippen MR) is 76.6 cm³/mol. The van der Waals surface area contributed by atoms with Crippen molar-refractivity contribution in [1.29, 1.82) is 0 Å². The van der Waals surface area contributed by atoms with Crippen molar-refractivity contribution in [3.8, 4) is 5.88 Å². The van der Waals surface area contributed by atoms with Crippen LogP contribution in [0.5, 0.6) is 5.88 Å². The van der Waals surface area contributed by atoms with Crippen molar-refractivity contribution in [1.82, 2.24) is 14.8 Å². The molecule has 1 aromatic carbocycles. The molecule has 0 saturated heterocycles. The summed E-state index contributed by atoms with van der Waals surface area (Å²) in [7, 11) is 1.55. The number of benzene rings is 1. The molecule has 3 rings (SSSR count). The molecule has 21 heavy (non-hydrogen) atoms. The summed E-state index contributed by atoms with van der Waals surface area (Å²) < 4.78 is 6.87. The molecule has 0 radical (unpaired) electrons. The number of para-hydroxylation sites is 1. The first-order valence-electron chi connectivity index (χ1n) is 6.37. The average molecular weight is 283 g/mol. The largest absolute Gasteiger partial charge is 0.481 e. The van der Waals surface area contributed by atoms with E-state index in [9.17, 15) is 9.90 Å². The lowest BCUT2D eigenvalue weighted by Crippen LogP contribution is -2.06. The van der Waals surface area contributed by atoms with Gasteiger partial charge in [0, 0.05) is 17.1 Å². The van der Waals surface area contributed by atoms with E-state index in [2.05, 4.69) is 10.1 Å². The Hall–Kier alpha value is -2.89. The minimum absolute atomic E-state index is 0.0495. The zero-order valence-corrected chi connectivity index (χ0v) is 11.4. The molecule has 6 heteroatoms. The first-order valence-corrected chi connectivity index (χ1v) is 6.37. The lowest BCUT2D eigenvalue weighted by molar-refractivity contribution is 0.0691. The second-order valence-electron chi connectivity index (χ2n) is 4.50. The van der Waals surface area contributed by atoms with Gasteiger partial charge in [0.1, 0.15) is 0 Å². The van der Waals surface area contributed by atoms with E-state index in [-0.39, 0.29) is 5.69 Å². The van der Waals surface area contributed by atoms with Crippen molar-refractivity contribution in [2.45, 2.75) is 6.54 Å². The first-order chi connectivity index (χ1) is 10.2. The number of pyridine rings is 1. The van der Waals surface area contributed by atoms with E-state index in [1.54, 1.807) is 30.1 Å². The van der Waals surface area contributed by atoms with Gasteiger partial charge in [-0.2, -0.15) is 5.10 Å². The van der Waals surface area contributed by atoms with Crippen LogP contribution in [0.15, 0.2) is 42.6 Å². The molecule has 1 N–H and O–H groups in total. The highest BCUT2D eigenvalue weighted by atomic mass is 16.5. The fourth-order valence-electron chi connectivity index (χ4n) is 2.30. The van der Waals surface area contributed by atoms with Crippen LogP contribution in [-0.2, 0) is 6.54 Å². The number of nitrogens with zero attached hydrogens (tertiary/aromatic N) is 3. The number of aromatic carboxylic acids is 1. The Morgan fingerprint density at radius 2 is 2.10 bits per heavy atom. The number of rotatable bonds is 4. The Morgan fingerprint density at radius 1 is 1.29 bits per heavy atom. The molecule has 0 aliphatic heterocycles. The second kappa shape index (κ2) is 5.24. The van der Waals surface area contributed by atoms with E-state index in [4.69, 9.17) is 4.74 Å². The van der Waals surface area contributed by atoms with Crippen LogP contribution < -0.4 is 4.74 Å². The SMILES string of the molecule is COc1ncccc1Cn1nc(C(=O)O)c2ccccc21. The molecule has 0 bridgehead atoms. The summed E-state index contributed by atoms with van der Waals surface area (Å²) in [4.78, 5) is 15.4. The summed E-state index contributed by atoms with van der Waals surface area (Å²) in [5, 5.41) is 14.1. The highest BCUT2D eigenvalue weighted by molar-refractivity contribution is 6.01. The molecule has 0 spiro atoms. The maximum atomic E-state index is 11.3. The Bertz CT molecular complexity index is 811. The number of aromatic nitrogens is 3. The molecule has 2 aromatic heterocycles. The molecule has 106 valence electrons. The number of hydrogen-bond acceptors (Lipinski definition) is 4. The average Bonchev–Trinajstić information content (AvgIpc) is 2.87. The first kappa shape index (κ1) is 13.1. The number of carbonyl (C=O) groups is 1. The smallest absolute Gasteiger partial charge is 0.357 e. The highest BCUT2D eigenvalue weighted by Gasteiger charge is 2.16. The fraction of sp³-hybridized carbons (Fsp3) is 0.133. The van der Waals surface area contributed by atoms with Crippen molar-refractivity contribution in [2.75, 3.05) is 7.11 Å². The van der Waals surface area contributed by atoms with E-state index in [1.165, 1.54) is 0 Å². The summed E-state index contributed by atoms with van der Waals surface area (Å²) in [6.45, 7) is 0.394. The summed E-state index contributed by atoms with van der Waals surface area (Å²) in [5.74, 6) is -0.531. The van der Waals surface area contributed by atoms with Gasteiger partial charge in [-0.05, 0) is 12.1 Å². The topological polar surface area (TPSA) is 77.2 Å². The van der Waals surface area contributed by atoms with Gasteiger partial charge in [0.2, 0.25) is 5.88 Å². The Balaban J connectivity index is 2.11. The number of fused-ring (bicyclic) bond motifs is 1. The molecule has 0 saturated carbocycles. The van der Waals surface area contributed by atoms with Crippen LogP contribution in [0.25, 0.3) is 10.9 Å². The third-order valence-corrected chi connectivity index (χ3v) is 3.22. The third-order valence-electron chi connectivity index (χ3n) is 3.22. The number of carboxylic acid groups (broad SMARTS) is 1. The number of ether oxygens (including phenoxy) is 1. The summed E-state index contributed by atoms with van der Waals surface area (Å²) >= 11 is 0. The lowest BCUT2D eigenvalue weighted by atomic mass is 10.2. The van der Waals surface area contributed by atoms with Gasteiger partial charge in [-0.15, -0.1) is 0 Å². The van der Waals surface area contributed by atoms with Gasteiger partial charge in [0.05, 0.1) is 19.2 Å². The van der Waals surface area contributed by atoms with Crippen LogP contribution in [0.4, 0.5) is 0 Å². The zero-order chi connectivity index (χ0) is 14.8. The van der Waals surface area contributed by atoms with Crippen molar-refractivity contribution < 1.29 is 14.6 Å². The van der Waals surface area contributed by atoms with Gasteiger partial charge >= 0.3 is 5.97 Å². The summed E-state index contributed by atoms with van der Waals surface area (Å²) in [5.41, 5.74) is 1.65. The van der Waals surface area contributed by atoms with E-state index in [1.807, 2.05) is 24.3 Å². The molecule has 6 nitrogen and oxygen atoms in total. The minimum atomic E-state index is -1.04. The van der Waals surface area contributed by atoms with Crippen molar-refractivity contribution in [2.24, 2.45) is 0 Å². The zero-order valence-electron chi connectivity index (χ0n) is 11.4. The van der Waals surface area contributed by atoms with Gasteiger partial charge in [0.25, 0.3) is 0 Å². The summed E-state index contributed by atoms with van der Waals surface area (Å²) in [6.07, 6.45) is 1.65. The maximum Gasteiger partial charge on any atom is 0.357 e. The third kappa shape index (κ3) is 2.31. The standard InChI is InChI=1S/C15H13N3O3/c1-21-14-10(5-4-8-16-14)9-18-12-7-3-2-6-11(12)13(17-18)15(19)20/h2-8H,9H2,1H3,(H,19,20). The van der Waals surface area contributed by atoms with Crippen LogP contribution in [-0.4, -0.2) is 33.0 Å². The van der Waals surface area contributed by atoms with Crippen molar-refractivity contribution in [3.05, 3.63) is 53.9 Å². The Kier molecular flexibility index (Phi) is 3.27. The maximum absolute atomic E-state index is 11.3. The van der Waals surface area contributed by atoms with E-state index >= 15 is 0 Å². The molecule has 0 aliphatic carbocycles. The molecule has 3 aromatic rings. The molecule has 0 atom stereocenters. The van der Waals surface area contributed by atoms with Crippen LogP contribution in [0.1, 0.15) is 16.1 Å². The van der Waals surface area contributed by atoms with Gasteiger partial charge in [-0.25, -0.2) is 9.78 Å². The Morgan fingerprint density at radius 3 is 2.86 bits per heavy atom. The van der Waals surface area contributed by atoms with Crippen LogP contribution in [0.3, 0.4) is 0 Å². The molecule has 0 unspecified atom stereocenters. The van der Waals surface area contributed by atoms with Crippen LogP contribution >= 0.6 is 0 Å². The van der Waals surface area contributed by atoms with Crippen LogP contribution in [0, 0.1) is 0 Å². The predicted octanol–water partition coefficient (Wildman–Crippen LogP) is 2.19. The number of methoxy groups -OCH3 is 1. The minimum Gasteiger partial charge on any atom is -0.481 e. The van der Waals surface area contributed by atoms with E-state index in [0.717, 1.165) is 11.1 Å². The van der Waals surface area contributed by atoms with Crippen LogP contribution in [0.2, 0.25) is 0 Å². The van der Waals surface area contributed by atoms with Crippen molar-refractivity contribution in [3.63, 3.8) is 0 Å². The highest BCUT2D eigenvalue weighted by Crippen LogP contribution is 2.21. The molecule has 0 fully saturated rings. The van der Waals surface area contributed by atoms with Gasteiger partial charge in [0.15, 0.2) is 5.69 Å². The molecule has 0 aliphatic rings. The van der Waals surface area contributed by atoms with Crippen molar-refractivity contribution >= 4 is 16.9 Å². The number of hydrogen-bond donors (Lipinski definition) is 1. The molecular weight excluding hydrogens is 270 g/mol.